The monoisotopic (exact) mass is 353 g/mol. The number of rotatable bonds is 3. The molecule has 2 aromatic carbocycles. The lowest BCUT2D eigenvalue weighted by Crippen LogP contribution is -2.03. The molecule has 4 rings (SSSR count). The average molecular weight is 354 g/mol. The SMILES string of the molecule is Nc1nc(-c2ccccc2)nc2nn(Cc3c(F)cccc3Cl)cc12. The maximum absolute atomic E-state index is 14.0. The van der Waals surface area contributed by atoms with Gasteiger partial charge in [0.25, 0.3) is 0 Å². The molecule has 2 heterocycles. The first-order valence-electron chi connectivity index (χ1n) is 7.61. The van der Waals surface area contributed by atoms with E-state index in [1.807, 2.05) is 30.3 Å². The highest BCUT2D eigenvalue weighted by molar-refractivity contribution is 6.31. The molecule has 0 fully saturated rings. The molecule has 0 bridgehead atoms. The summed E-state index contributed by atoms with van der Waals surface area (Å²) in [4.78, 5) is 8.80. The van der Waals surface area contributed by atoms with E-state index in [0.717, 1.165) is 5.56 Å². The molecule has 25 heavy (non-hydrogen) atoms. The van der Waals surface area contributed by atoms with Crippen molar-refractivity contribution in [3.63, 3.8) is 0 Å². The Bertz CT molecular complexity index is 1040. The van der Waals surface area contributed by atoms with E-state index in [1.54, 1.807) is 23.0 Å². The minimum Gasteiger partial charge on any atom is -0.383 e. The zero-order chi connectivity index (χ0) is 17.4. The number of nitrogens with two attached hydrogens (primary N) is 1. The van der Waals surface area contributed by atoms with Crippen LogP contribution < -0.4 is 5.73 Å². The van der Waals surface area contributed by atoms with E-state index in [4.69, 9.17) is 17.3 Å². The van der Waals surface area contributed by atoms with Gasteiger partial charge >= 0.3 is 0 Å². The molecule has 0 aliphatic heterocycles. The Morgan fingerprint density at radius 3 is 2.60 bits per heavy atom. The van der Waals surface area contributed by atoms with Crippen molar-refractivity contribution >= 4 is 28.5 Å². The largest absolute Gasteiger partial charge is 0.383 e. The molecular weight excluding hydrogens is 341 g/mol. The number of halogens is 2. The van der Waals surface area contributed by atoms with Crippen molar-refractivity contribution < 1.29 is 4.39 Å². The summed E-state index contributed by atoms with van der Waals surface area (Å²) in [6, 6.07) is 14.1. The number of hydrogen-bond acceptors (Lipinski definition) is 4. The van der Waals surface area contributed by atoms with Crippen LogP contribution >= 0.6 is 11.6 Å². The van der Waals surface area contributed by atoms with Crippen LogP contribution in [0.5, 0.6) is 0 Å². The number of nitrogens with zero attached hydrogens (tertiary/aromatic N) is 4. The molecule has 0 saturated carbocycles. The summed E-state index contributed by atoms with van der Waals surface area (Å²) < 4.78 is 15.5. The second-order valence-corrected chi connectivity index (χ2v) is 5.97. The van der Waals surface area contributed by atoms with Gasteiger partial charge in [0.2, 0.25) is 0 Å². The van der Waals surface area contributed by atoms with Crippen LogP contribution in [0.1, 0.15) is 5.56 Å². The van der Waals surface area contributed by atoms with Gasteiger partial charge < -0.3 is 5.73 Å². The molecule has 0 amide bonds. The lowest BCUT2D eigenvalue weighted by Gasteiger charge is -2.05. The fourth-order valence-corrected chi connectivity index (χ4v) is 2.84. The van der Waals surface area contributed by atoms with E-state index in [1.165, 1.54) is 6.07 Å². The highest BCUT2D eigenvalue weighted by Gasteiger charge is 2.13. The normalized spacial score (nSPS) is 11.1. The van der Waals surface area contributed by atoms with Crippen LogP contribution in [0.2, 0.25) is 5.02 Å². The third kappa shape index (κ3) is 2.92. The van der Waals surface area contributed by atoms with Crippen LogP contribution in [0, 0.1) is 5.82 Å². The Labute approximate surface area is 147 Å². The van der Waals surface area contributed by atoms with Crippen molar-refractivity contribution in [3.05, 3.63) is 71.1 Å². The third-order valence-corrected chi connectivity index (χ3v) is 4.22. The first-order valence-corrected chi connectivity index (χ1v) is 7.98. The van der Waals surface area contributed by atoms with Crippen LogP contribution in [0.25, 0.3) is 22.4 Å². The molecule has 0 radical (unpaired) electrons. The van der Waals surface area contributed by atoms with E-state index in [0.29, 0.717) is 33.3 Å². The predicted octanol–water partition coefficient (Wildman–Crippen LogP) is 3.92. The van der Waals surface area contributed by atoms with Gasteiger partial charge in [0.05, 0.1) is 11.9 Å². The topological polar surface area (TPSA) is 69.6 Å². The summed E-state index contributed by atoms with van der Waals surface area (Å²) in [5.41, 5.74) is 7.73. The zero-order valence-corrected chi connectivity index (χ0v) is 13.8. The molecule has 124 valence electrons. The molecule has 0 atom stereocenters. The van der Waals surface area contributed by atoms with Gasteiger partial charge in [-0.25, -0.2) is 14.4 Å². The molecule has 5 nitrogen and oxygen atoms in total. The molecule has 2 N–H and O–H groups in total. The summed E-state index contributed by atoms with van der Waals surface area (Å²) in [5, 5.41) is 5.37. The van der Waals surface area contributed by atoms with Gasteiger partial charge in [-0.15, -0.1) is 0 Å². The van der Waals surface area contributed by atoms with E-state index >= 15 is 0 Å². The zero-order valence-electron chi connectivity index (χ0n) is 13.0. The summed E-state index contributed by atoms with van der Waals surface area (Å²) in [5.74, 6) is 0.450. The van der Waals surface area contributed by atoms with Crippen LogP contribution in [0.3, 0.4) is 0 Å². The van der Waals surface area contributed by atoms with Crippen molar-refractivity contribution in [1.29, 1.82) is 0 Å². The molecule has 2 aromatic heterocycles. The van der Waals surface area contributed by atoms with E-state index in [9.17, 15) is 4.39 Å². The predicted molar refractivity (Wildman–Crippen MR) is 95.7 cm³/mol. The number of anilines is 1. The van der Waals surface area contributed by atoms with E-state index in [2.05, 4.69) is 15.1 Å². The first kappa shape index (κ1) is 15.5. The fourth-order valence-electron chi connectivity index (χ4n) is 2.62. The van der Waals surface area contributed by atoms with Crippen LogP contribution in [0.4, 0.5) is 10.2 Å². The summed E-state index contributed by atoms with van der Waals surface area (Å²) >= 11 is 6.08. The van der Waals surface area contributed by atoms with Crippen molar-refractivity contribution in [1.82, 2.24) is 19.7 Å². The molecule has 0 spiro atoms. The molecule has 7 heteroatoms. The fraction of sp³-hybridized carbons (Fsp3) is 0.0556. The molecular formula is C18H13ClFN5. The Kier molecular flexibility index (Phi) is 3.82. The first-order chi connectivity index (χ1) is 12.1. The van der Waals surface area contributed by atoms with E-state index in [-0.39, 0.29) is 12.4 Å². The molecule has 0 unspecified atom stereocenters. The number of aromatic nitrogens is 4. The number of hydrogen-bond donors (Lipinski definition) is 1. The van der Waals surface area contributed by atoms with Gasteiger partial charge in [-0.3, -0.25) is 4.68 Å². The minimum absolute atomic E-state index is 0.183. The Morgan fingerprint density at radius 2 is 1.84 bits per heavy atom. The lowest BCUT2D eigenvalue weighted by molar-refractivity contribution is 0.586. The highest BCUT2D eigenvalue weighted by Crippen LogP contribution is 2.24. The smallest absolute Gasteiger partial charge is 0.186 e. The summed E-state index contributed by atoms with van der Waals surface area (Å²) in [6.07, 6.45) is 1.70. The quantitative estimate of drug-likeness (QED) is 0.606. The number of benzene rings is 2. The van der Waals surface area contributed by atoms with Gasteiger partial charge in [-0.05, 0) is 12.1 Å². The number of nitrogen functional groups attached to an aromatic ring is 1. The van der Waals surface area contributed by atoms with E-state index < -0.39 is 0 Å². The Hall–Kier alpha value is -2.99. The van der Waals surface area contributed by atoms with Crippen LogP contribution in [0.15, 0.2) is 54.7 Å². The third-order valence-electron chi connectivity index (χ3n) is 3.87. The standard InChI is InChI=1S/C18H13ClFN5/c19-14-7-4-8-15(20)12(14)9-25-10-13-16(21)22-17(23-18(13)24-25)11-5-2-1-3-6-11/h1-8,10H,9H2,(H2,21,22,23,24). The second-order valence-electron chi connectivity index (χ2n) is 5.56. The van der Waals surface area contributed by atoms with Crippen molar-refractivity contribution in [2.45, 2.75) is 6.54 Å². The maximum Gasteiger partial charge on any atom is 0.186 e. The summed E-state index contributed by atoms with van der Waals surface area (Å²) in [6.45, 7) is 0.183. The van der Waals surface area contributed by atoms with Crippen molar-refractivity contribution in [2.75, 3.05) is 5.73 Å². The lowest BCUT2D eigenvalue weighted by atomic mass is 10.2. The molecule has 0 aliphatic carbocycles. The average Bonchev–Trinajstić information content (AvgIpc) is 3.02. The van der Waals surface area contributed by atoms with Gasteiger partial charge in [0.15, 0.2) is 11.5 Å². The number of fused-ring (bicyclic) bond motifs is 1. The van der Waals surface area contributed by atoms with Gasteiger partial charge in [-0.2, -0.15) is 5.10 Å². The van der Waals surface area contributed by atoms with Crippen molar-refractivity contribution in [3.8, 4) is 11.4 Å². The summed E-state index contributed by atoms with van der Waals surface area (Å²) in [7, 11) is 0. The van der Waals surface area contributed by atoms with Gasteiger partial charge in [0.1, 0.15) is 11.6 Å². The Morgan fingerprint density at radius 1 is 1.04 bits per heavy atom. The second kappa shape index (κ2) is 6.14. The minimum atomic E-state index is -0.379. The van der Waals surface area contributed by atoms with Crippen molar-refractivity contribution in [2.24, 2.45) is 0 Å². The van der Waals surface area contributed by atoms with Crippen LogP contribution in [-0.2, 0) is 6.54 Å². The molecule has 0 saturated heterocycles. The van der Waals surface area contributed by atoms with Gasteiger partial charge in [0, 0.05) is 22.3 Å². The highest BCUT2D eigenvalue weighted by atomic mass is 35.5. The Balaban J connectivity index is 1.77. The maximum atomic E-state index is 14.0. The molecule has 4 aromatic rings. The van der Waals surface area contributed by atoms with Crippen LogP contribution in [-0.4, -0.2) is 19.7 Å². The van der Waals surface area contributed by atoms with Gasteiger partial charge in [-0.1, -0.05) is 48.0 Å². The molecule has 0 aliphatic rings.